The van der Waals surface area contributed by atoms with E-state index in [2.05, 4.69) is 4.98 Å². The van der Waals surface area contributed by atoms with Gasteiger partial charge in [0.15, 0.2) is 23.2 Å². The molecule has 1 N–H and O–H groups in total. The maximum absolute atomic E-state index is 12.9. The molecule has 2 aromatic carbocycles. The quantitative estimate of drug-likeness (QED) is 0.515. The highest BCUT2D eigenvalue weighted by atomic mass is 32.2. The van der Waals surface area contributed by atoms with Gasteiger partial charge in [0.25, 0.3) is 9.84 Å². The Hall–Kier alpha value is -2.81. The van der Waals surface area contributed by atoms with Gasteiger partial charge in [-0.15, -0.1) is 0 Å². The predicted molar refractivity (Wildman–Crippen MR) is 112 cm³/mol. The maximum atomic E-state index is 12.9. The molecule has 2 aliphatic heterocycles. The lowest BCUT2D eigenvalue weighted by Gasteiger charge is -2.23. The summed E-state index contributed by atoms with van der Waals surface area (Å²) in [6.45, 7) is 3.58. The van der Waals surface area contributed by atoms with E-state index in [0.29, 0.717) is 0 Å². The standard InChI is InChI=1S/C22H22N2O7S/c1-22(2)30-18-17(16(25)20(24-23)32(26,27)15-11-7-4-8-12-15)29-21(19(18)31-22)28-13-14-9-5-3-6-10-14/h3-12,17-19,21H,13H2,1-2H3/p+1/b20-16-/t17-,18+,19+,21-/m1/s1. The molecule has 2 heterocycles. The molecule has 0 spiro atoms. The first-order valence-corrected chi connectivity index (χ1v) is 11.5. The highest BCUT2D eigenvalue weighted by Gasteiger charge is 2.59. The van der Waals surface area contributed by atoms with Gasteiger partial charge in [0.05, 0.1) is 11.5 Å². The molecule has 2 saturated heterocycles. The molecule has 0 bridgehead atoms. The molecule has 2 fully saturated rings. The number of fused-ring (bicyclic) bond motifs is 1. The van der Waals surface area contributed by atoms with Gasteiger partial charge in [-0.05, 0) is 31.5 Å². The van der Waals surface area contributed by atoms with Gasteiger partial charge in [0.2, 0.25) is 11.2 Å². The minimum atomic E-state index is -4.32. The van der Waals surface area contributed by atoms with Crippen molar-refractivity contribution in [1.29, 1.82) is 5.39 Å². The van der Waals surface area contributed by atoms with Crippen molar-refractivity contribution in [3.8, 4) is 0 Å². The van der Waals surface area contributed by atoms with Crippen LogP contribution in [0.3, 0.4) is 0 Å². The highest BCUT2D eigenvalue weighted by molar-refractivity contribution is 7.95. The zero-order valence-electron chi connectivity index (χ0n) is 17.5. The van der Waals surface area contributed by atoms with E-state index in [1.165, 1.54) is 24.3 Å². The normalized spacial score (nSPS) is 27.4. The Bertz CT molecular complexity index is 1140. The fraction of sp³-hybridized carbons (Fsp3) is 0.364. The molecule has 10 heteroatoms. The summed E-state index contributed by atoms with van der Waals surface area (Å²) in [6.07, 6.45) is -3.85. The third-order valence-electron chi connectivity index (χ3n) is 5.16. The average Bonchev–Trinajstić information content (AvgIpc) is 3.26. The second-order valence-corrected chi connectivity index (χ2v) is 9.76. The van der Waals surface area contributed by atoms with Crippen LogP contribution in [0.2, 0.25) is 0 Å². The van der Waals surface area contributed by atoms with Crippen LogP contribution in [0.5, 0.6) is 0 Å². The van der Waals surface area contributed by atoms with E-state index in [1.807, 2.05) is 30.3 Å². The molecular weight excluding hydrogens is 436 g/mol. The minimum Gasteiger partial charge on any atom is -0.502 e. The van der Waals surface area contributed by atoms with E-state index in [9.17, 15) is 18.9 Å². The Morgan fingerprint density at radius 3 is 2.28 bits per heavy atom. The van der Waals surface area contributed by atoms with Crippen molar-refractivity contribution in [2.45, 2.75) is 55.7 Å². The van der Waals surface area contributed by atoms with Crippen LogP contribution in [-0.2, 0) is 35.4 Å². The molecule has 0 aromatic heterocycles. The predicted octanol–water partition coefficient (Wildman–Crippen LogP) is 3.50. The molecule has 4 atom stereocenters. The van der Waals surface area contributed by atoms with Crippen molar-refractivity contribution in [3.05, 3.63) is 82.0 Å². The number of aliphatic hydroxyl groups excluding tert-OH is 1. The van der Waals surface area contributed by atoms with Gasteiger partial charge in [-0.3, -0.25) is 0 Å². The van der Waals surface area contributed by atoms with Crippen LogP contribution in [0.1, 0.15) is 19.4 Å². The Labute approximate surface area is 185 Å². The van der Waals surface area contributed by atoms with E-state index in [4.69, 9.17) is 18.9 Å². The van der Waals surface area contributed by atoms with Gasteiger partial charge < -0.3 is 24.1 Å². The van der Waals surface area contributed by atoms with Gasteiger partial charge >= 0.3 is 5.03 Å². The lowest BCUT2D eigenvalue weighted by Crippen LogP contribution is -2.32. The third-order valence-corrected chi connectivity index (χ3v) is 6.85. The number of benzene rings is 2. The Balaban J connectivity index is 1.64. The smallest absolute Gasteiger partial charge is 0.502 e. The van der Waals surface area contributed by atoms with E-state index >= 15 is 0 Å². The van der Waals surface area contributed by atoms with Crippen molar-refractivity contribution < 1.29 is 32.5 Å². The van der Waals surface area contributed by atoms with Crippen molar-refractivity contribution in [2.24, 2.45) is 0 Å². The monoisotopic (exact) mass is 459 g/mol. The summed E-state index contributed by atoms with van der Waals surface area (Å²) < 4.78 is 49.3. The van der Waals surface area contributed by atoms with Gasteiger partial charge in [-0.1, -0.05) is 48.5 Å². The van der Waals surface area contributed by atoms with Gasteiger partial charge in [-0.25, -0.2) is 8.42 Å². The number of nitrogens with zero attached hydrogens (tertiary/aromatic N) is 2. The Morgan fingerprint density at radius 1 is 1.06 bits per heavy atom. The number of aliphatic hydroxyl groups is 1. The van der Waals surface area contributed by atoms with E-state index in [-0.39, 0.29) is 11.5 Å². The van der Waals surface area contributed by atoms with Gasteiger partial charge in [-0.2, -0.15) is 0 Å². The number of diazo groups is 1. The topological polar surface area (TPSA) is 119 Å². The molecule has 0 unspecified atom stereocenters. The van der Waals surface area contributed by atoms with E-state index in [1.54, 1.807) is 19.9 Å². The number of ether oxygens (including phenoxy) is 4. The second-order valence-electron chi connectivity index (χ2n) is 7.89. The first-order chi connectivity index (χ1) is 15.2. The molecule has 0 radical (unpaired) electrons. The summed E-state index contributed by atoms with van der Waals surface area (Å²) in [5, 5.41) is 19.4. The van der Waals surface area contributed by atoms with Crippen molar-refractivity contribution in [1.82, 2.24) is 0 Å². The molecule has 0 saturated carbocycles. The largest absolute Gasteiger partial charge is 0.518 e. The number of hydrogen-bond donors (Lipinski definition) is 1. The summed E-state index contributed by atoms with van der Waals surface area (Å²) in [6, 6.07) is 16.7. The number of rotatable bonds is 6. The highest BCUT2D eigenvalue weighted by Crippen LogP contribution is 2.42. The molecule has 9 nitrogen and oxygen atoms in total. The molecular formula is C22H23N2O7S+. The fourth-order valence-electron chi connectivity index (χ4n) is 3.74. The summed E-state index contributed by atoms with van der Waals surface area (Å²) >= 11 is 0. The second kappa shape index (κ2) is 8.61. The molecule has 0 aliphatic carbocycles. The third kappa shape index (κ3) is 4.26. The van der Waals surface area contributed by atoms with Gasteiger partial charge in [0.1, 0.15) is 12.2 Å². The first kappa shape index (κ1) is 22.4. The average molecular weight is 460 g/mol. The van der Waals surface area contributed by atoms with Crippen LogP contribution < -0.4 is 0 Å². The summed E-state index contributed by atoms with van der Waals surface area (Å²) in [5.74, 6) is -1.81. The van der Waals surface area contributed by atoms with Crippen LogP contribution in [0.25, 0.3) is 4.98 Å². The molecule has 2 aromatic rings. The molecule has 2 aliphatic rings. The number of hydrogen-bond acceptors (Lipinski definition) is 8. The maximum Gasteiger partial charge on any atom is 0.518 e. The van der Waals surface area contributed by atoms with E-state index in [0.717, 1.165) is 5.56 Å². The SMILES string of the molecule is CC1(C)O[C@@H]2[C@H](OCc3ccccc3)O[C@H](/C(O)=C(\[N+]#N)S(=O)(=O)c3ccccc3)[C@@H]2O1. The summed E-state index contributed by atoms with van der Waals surface area (Å²) in [4.78, 5) is 2.73. The van der Waals surface area contributed by atoms with Crippen LogP contribution in [-0.4, -0.2) is 43.9 Å². The molecule has 0 amide bonds. The molecule has 32 heavy (non-hydrogen) atoms. The Kier molecular flexibility index (Phi) is 6.03. The van der Waals surface area contributed by atoms with Crippen molar-refractivity contribution >= 4 is 9.84 Å². The Morgan fingerprint density at radius 2 is 1.66 bits per heavy atom. The van der Waals surface area contributed by atoms with E-state index < -0.39 is 51.0 Å². The zero-order valence-corrected chi connectivity index (χ0v) is 18.3. The lowest BCUT2D eigenvalue weighted by atomic mass is 10.1. The van der Waals surface area contributed by atoms with Gasteiger partial charge in [0, 0.05) is 0 Å². The van der Waals surface area contributed by atoms with Crippen LogP contribution in [0, 0.1) is 5.39 Å². The zero-order chi connectivity index (χ0) is 22.9. The lowest BCUT2D eigenvalue weighted by molar-refractivity contribution is -0.234. The summed E-state index contributed by atoms with van der Waals surface area (Å²) in [5.41, 5.74) is 0.895. The molecule has 168 valence electrons. The van der Waals surface area contributed by atoms with Crippen LogP contribution in [0.4, 0.5) is 0 Å². The number of sulfone groups is 1. The van der Waals surface area contributed by atoms with Crippen molar-refractivity contribution in [2.75, 3.05) is 0 Å². The minimum absolute atomic E-state index is 0.144. The summed E-state index contributed by atoms with van der Waals surface area (Å²) in [7, 11) is -4.32. The fourth-order valence-corrected chi connectivity index (χ4v) is 4.98. The van der Waals surface area contributed by atoms with Crippen LogP contribution in [0.15, 0.2) is 76.3 Å². The van der Waals surface area contributed by atoms with Crippen LogP contribution >= 0.6 is 0 Å². The van der Waals surface area contributed by atoms with Crippen molar-refractivity contribution in [3.63, 3.8) is 0 Å². The first-order valence-electron chi connectivity index (χ1n) is 9.98. The molecule has 4 rings (SSSR count).